The van der Waals surface area contributed by atoms with Gasteiger partial charge in [-0.3, -0.25) is 4.57 Å². The number of pyridine rings is 1. The fourth-order valence-corrected chi connectivity index (χ4v) is 5.54. The Morgan fingerprint density at radius 1 is 1.08 bits per heavy atom. The maximum atomic E-state index is 12.8. The average Bonchev–Trinajstić information content (AvgIpc) is 3.27. The number of nitrogens with one attached hydrogen (secondary N) is 1. The Kier molecular flexibility index (Phi) is 6.98. The standard InChI is InChI=1S/C25H28N6O5S/c1-35-24-23(37(33,34)28-8-11-32)15-18(16-27-24)17-2-7-21-22(14-17)31(25(26)29-21)20-5-3-19(4-6-20)30-9-12-36-13-10-30/h2-7,14-16,28,32H,8-13H2,1H3,(H2,26,29). The third-order valence-corrected chi connectivity index (χ3v) is 7.66. The van der Waals surface area contributed by atoms with Crippen LogP contribution in [-0.4, -0.2) is 74.6 Å². The highest BCUT2D eigenvalue weighted by atomic mass is 32.2. The number of imidazole rings is 1. The number of methoxy groups -OCH3 is 1. The van der Waals surface area contributed by atoms with Crippen molar-refractivity contribution in [2.24, 2.45) is 0 Å². The number of rotatable bonds is 8. The van der Waals surface area contributed by atoms with Crippen molar-refractivity contribution in [3.8, 4) is 22.7 Å². The van der Waals surface area contributed by atoms with Crippen LogP contribution in [0.15, 0.2) is 59.6 Å². The molecule has 3 heterocycles. The fraction of sp³-hybridized carbons (Fsp3) is 0.280. The molecule has 0 spiro atoms. The highest BCUT2D eigenvalue weighted by Gasteiger charge is 2.22. The van der Waals surface area contributed by atoms with E-state index in [1.54, 1.807) is 6.20 Å². The molecule has 0 unspecified atom stereocenters. The lowest BCUT2D eigenvalue weighted by molar-refractivity contribution is 0.122. The Hall–Kier alpha value is -3.71. The van der Waals surface area contributed by atoms with Gasteiger partial charge in [-0.15, -0.1) is 0 Å². The summed E-state index contributed by atoms with van der Waals surface area (Å²) in [6.45, 7) is 2.67. The van der Waals surface area contributed by atoms with Crippen LogP contribution in [0.1, 0.15) is 0 Å². The highest BCUT2D eigenvalue weighted by Crippen LogP contribution is 2.32. The summed E-state index contributed by atoms with van der Waals surface area (Å²) in [5.74, 6) is 0.306. The minimum atomic E-state index is -3.95. The monoisotopic (exact) mass is 524 g/mol. The molecule has 4 aromatic rings. The summed E-state index contributed by atoms with van der Waals surface area (Å²) in [5, 5.41) is 9.04. The summed E-state index contributed by atoms with van der Waals surface area (Å²) < 4.78 is 40.3. The zero-order chi connectivity index (χ0) is 26.0. The molecule has 1 aliphatic heterocycles. The first-order chi connectivity index (χ1) is 17.9. The largest absolute Gasteiger partial charge is 0.480 e. The van der Waals surface area contributed by atoms with Crippen LogP contribution in [0.3, 0.4) is 0 Å². The van der Waals surface area contributed by atoms with Crippen LogP contribution in [0, 0.1) is 0 Å². The van der Waals surface area contributed by atoms with Crippen molar-refractivity contribution < 1.29 is 23.0 Å². The Morgan fingerprint density at radius 2 is 1.81 bits per heavy atom. The van der Waals surface area contributed by atoms with Crippen LogP contribution in [0.5, 0.6) is 5.88 Å². The van der Waals surface area contributed by atoms with Gasteiger partial charge in [0.1, 0.15) is 4.90 Å². The van der Waals surface area contributed by atoms with E-state index in [9.17, 15) is 8.42 Å². The molecule has 0 radical (unpaired) electrons. The number of aromatic nitrogens is 3. The number of fused-ring (bicyclic) bond motifs is 1. The summed E-state index contributed by atoms with van der Waals surface area (Å²) in [5.41, 5.74) is 11.1. The van der Waals surface area contributed by atoms with Crippen molar-refractivity contribution in [1.82, 2.24) is 19.3 Å². The molecule has 0 atom stereocenters. The van der Waals surface area contributed by atoms with Crippen LogP contribution in [0.25, 0.3) is 27.8 Å². The summed E-state index contributed by atoms with van der Waals surface area (Å²) in [7, 11) is -2.59. The molecular formula is C25H28N6O5S. The number of aliphatic hydroxyl groups is 1. The Bertz CT molecular complexity index is 1510. The third kappa shape index (κ3) is 4.96. The summed E-state index contributed by atoms with van der Waals surface area (Å²) in [6, 6.07) is 15.2. The Balaban J connectivity index is 1.53. The lowest BCUT2D eigenvalue weighted by Gasteiger charge is -2.29. The molecule has 4 N–H and O–H groups in total. The molecule has 0 aliphatic carbocycles. The van der Waals surface area contributed by atoms with E-state index in [4.69, 9.17) is 20.3 Å². The van der Waals surface area contributed by atoms with Crippen molar-refractivity contribution in [1.29, 1.82) is 0 Å². The Labute approximate surface area is 214 Å². The Morgan fingerprint density at radius 3 is 2.51 bits per heavy atom. The molecule has 0 saturated carbocycles. The first kappa shape index (κ1) is 25.0. The summed E-state index contributed by atoms with van der Waals surface area (Å²) in [4.78, 5) is 10.9. The van der Waals surface area contributed by atoms with Gasteiger partial charge in [0.15, 0.2) is 0 Å². The number of nitrogen functional groups attached to an aromatic ring is 1. The van der Waals surface area contributed by atoms with Crippen LogP contribution >= 0.6 is 0 Å². The number of hydrogen-bond donors (Lipinski definition) is 3. The molecule has 1 fully saturated rings. The minimum absolute atomic E-state index is 0.0371. The molecule has 37 heavy (non-hydrogen) atoms. The van der Waals surface area contributed by atoms with E-state index in [1.807, 2.05) is 34.9 Å². The smallest absolute Gasteiger partial charge is 0.246 e. The first-order valence-corrected chi connectivity index (χ1v) is 13.3. The lowest BCUT2D eigenvalue weighted by atomic mass is 10.1. The maximum absolute atomic E-state index is 12.8. The number of nitrogens with zero attached hydrogens (tertiary/aromatic N) is 4. The SMILES string of the molecule is COc1ncc(-c2ccc3nc(N)n(-c4ccc(N5CCOCC5)cc4)c3c2)cc1S(=O)(=O)NCCO. The van der Waals surface area contributed by atoms with Crippen molar-refractivity contribution in [3.63, 3.8) is 0 Å². The molecule has 1 saturated heterocycles. The molecule has 2 aromatic heterocycles. The van der Waals surface area contributed by atoms with Crippen LogP contribution in [0.2, 0.25) is 0 Å². The normalized spacial score (nSPS) is 14.3. The molecule has 11 nitrogen and oxygen atoms in total. The number of hydrogen-bond acceptors (Lipinski definition) is 9. The molecule has 12 heteroatoms. The molecule has 5 rings (SSSR count). The van der Waals surface area contributed by atoms with E-state index >= 15 is 0 Å². The fourth-order valence-electron chi connectivity index (χ4n) is 4.37. The van der Waals surface area contributed by atoms with Gasteiger partial charge in [-0.25, -0.2) is 23.1 Å². The van der Waals surface area contributed by atoms with Crippen molar-refractivity contribution >= 4 is 32.7 Å². The highest BCUT2D eigenvalue weighted by molar-refractivity contribution is 7.89. The first-order valence-electron chi connectivity index (χ1n) is 11.8. The predicted molar refractivity (Wildman–Crippen MR) is 141 cm³/mol. The van der Waals surface area contributed by atoms with Gasteiger partial charge < -0.3 is 25.2 Å². The zero-order valence-corrected chi connectivity index (χ0v) is 21.1. The number of morpholine rings is 1. The van der Waals surface area contributed by atoms with E-state index in [-0.39, 0.29) is 23.9 Å². The second kappa shape index (κ2) is 10.3. The van der Waals surface area contributed by atoms with Gasteiger partial charge in [-0.1, -0.05) is 6.07 Å². The van der Waals surface area contributed by atoms with E-state index < -0.39 is 10.0 Å². The van der Waals surface area contributed by atoms with E-state index in [0.29, 0.717) is 30.2 Å². The minimum Gasteiger partial charge on any atom is -0.480 e. The summed E-state index contributed by atoms with van der Waals surface area (Å²) in [6.07, 6.45) is 1.55. The van der Waals surface area contributed by atoms with Crippen molar-refractivity contribution in [2.75, 3.05) is 57.2 Å². The number of benzene rings is 2. The van der Waals surface area contributed by atoms with Crippen molar-refractivity contribution in [2.45, 2.75) is 4.90 Å². The van der Waals surface area contributed by atoms with Crippen molar-refractivity contribution in [3.05, 3.63) is 54.7 Å². The maximum Gasteiger partial charge on any atom is 0.246 e. The average molecular weight is 525 g/mol. The van der Waals surface area contributed by atoms with Gasteiger partial charge in [0.25, 0.3) is 0 Å². The second-order valence-corrected chi connectivity index (χ2v) is 10.2. The molecule has 0 amide bonds. The number of nitrogens with two attached hydrogens (primary N) is 1. The van der Waals surface area contributed by atoms with Gasteiger partial charge in [-0.2, -0.15) is 0 Å². The number of ether oxygens (including phenoxy) is 2. The number of aliphatic hydroxyl groups excluding tert-OH is 1. The van der Waals surface area contributed by atoms with Gasteiger partial charge >= 0.3 is 0 Å². The predicted octanol–water partition coefficient (Wildman–Crippen LogP) is 1.79. The van der Waals surface area contributed by atoms with Gasteiger partial charge in [0, 0.05) is 42.8 Å². The van der Waals surface area contributed by atoms with Crippen LogP contribution in [0.4, 0.5) is 11.6 Å². The van der Waals surface area contributed by atoms with E-state index in [2.05, 4.69) is 31.7 Å². The lowest BCUT2D eigenvalue weighted by Crippen LogP contribution is -2.36. The molecule has 194 valence electrons. The molecule has 2 aromatic carbocycles. The van der Waals surface area contributed by atoms with Gasteiger partial charge in [0.2, 0.25) is 21.9 Å². The van der Waals surface area contributed by atoms with Gasteiger partial charge in [-0.05, 0) is 48.0 Å². The number of sulfonamides is 1. The number of anilines is 2. The topological polar surface area (TPSA) is 145 Å². The molecule has 1 aliphatic rings. The molecular weight excluding hydrogens is 496 g/mol. The zero-order valence-electron chi connectivity index (χ0n) is 20.3. The van der Waals surface area contributed by atoms with Gasteiger partial charge in [0.05, 0.1) is 38.0 Å². The second-order valence-electron chi connectivity index (χ2n) is 8.48. The van der Waals surface area contributed by atoms with Crippen LogP contribution in [-0.2, 0) is 14.8 Å². The van der Waals surface area contributed by atoms with E-state index in [1.165, 1.54) is 13.2 Å². The van der Waals surface area contributed by atoms with E-state index in [0.717, 1.165) is 35.5 Å². The molecule has 0 bridgehead atoms. The van der Waals surface area contributed by atoms with Crippen LogP contribution < -0.4 is 20.1 Å². The summed E-state index contributed by atoms with van der Waals surface area (Å²) >= 11 is 0. The quantitative estimate of drug-likeness (QED) is 0.314. The third-order valence-electron chi connectivity index (χ3n) is 6.20.